The van der Waals surface area contributed by atoms with Crippen molar-refractivity contribution in [1.82, 2.24) is 10.3 Å². The quantitative estimate of drug-likeness (QED) is 0.865. The molecule has 6 heteroatoms. The lowest BCUT2D eigenvalue weighted by atomic mass is 10.1. The number of hydrogen-bond donors (Lipinski definition) is 1. The van der Waals surface area contributed by atoms with Crippen molar-refractivity contribution in [3.05, 3.63) is 57.3 Å². The maximum atomic E-state index is 12.2. The van der Waals surface area contributed by atoms with Crippen LogP contribution in [0.15, 0.2) is 30.3 Å². The number of rotatable bonds is 4. The molecule has 1 aromatic carbocycles. The molecule has 1 amide bonds. The summed E-state index contributed by atoms with van der Waals surface area (Å²) < 4.78 is 0. The molecule has 2 rings (SSSR count). The van der Waals surface area contributed by atoms with Crippen molar-refractivity contribution < 1.29 is 4.79 Å². The summed E-state index contributed by atoms with van der Waals surface area (Å²) in [5.74, 6) is -0.239. The van der Waals surface area contributed by atoms with E-state index < -0.39 is 0 Å². The molecule has 4 nitrogen and oxygen atoms in total. The summed E-state index contributed by atoms with van der Waals surface area (Å²) in [6, 6.07) is 9.10. The number of pyridine rings is 1. The van der Waals surface area contributed by atoms with E-state index in [2.05, 4.69) is 16.4 Å². The third-order valence-corrected chi connectivity index (χ3v) is 3.57. The average Bonchev–Trinajstić information content (AvgIpc) is 2.44. The molecule has 0 aliphatic heterocycles. The zero-order chi connectivity index (χ0) is 16.3. The van der Waals surface area contributed by atoms with Gasteiger partial charge in [-0.15, -0.1) is 0 Å². The average molecular weight is 338 g/mol. The van der Waals surface area contributed by atoms with Gasteiger partial charge in [0.2, 0.25) is 0 Å². The van der Waals surface area contributed by atoms with E-state index in [1.54, 1.807) is 0 Å². The van der Waals surface area contributed by atoms with E-state index in [4.69, 9.17) is 23.2 Å². The minimum atomic E-state index is -0.239. The number of carbonyl (C=O) groups is 1. The Morgan fingerprint density at radius 3 is 2.41 bits per heavy atom. The Hall–Kier alpha value is -1.78. The molecule has 2 aromatic rings. The number of amides is 1. The van der Waals surface area contributed by atoms with Crippen molar-refractivity contribution in [2.24, 2.45) is 0 Å². The number of carbonyl (C=O) groups excluding carboxylic acids is 1. The predicted octanol–water partition coefficient (Wildman–Crippen LogP) is 3.69. The molecule has 0 unspecified atom stereocenters. The summed E-state index contributed by atoms with van der Waals surface area (Å²) >= 11 is 11.6. The fraction of sp³-hybridized carbons (Fsp3) is 0.250. The maximum Gasteiger partial charge on any atom is 0.251 e. The van der Waals surface area contributed by atoms with Crippen molar-refractivity contribution in [3.8, 4) is 0 Å². The van der Waals surface area contributed by atoms with Crippen molar-refractivity contribution in [2.45, 2.75) is 13.5 Å². The molecule has 0 fully saturated rings. The number of halogens is 2. The summed E-state index contributed by atoms with van der Waals surface area (Å²) in [7, 11) is 3.95. The lowest BCUT2D eigenvalue weighted by Crippen LogP contribution is -2.24. The van der Waals surface area contributed by atoms with Gasteiger partial charge in [-0.25, -0.2) is 4.98 Å². The molecule has 0 saturated carbocycles. The fourth-order valence-electron chi connectivity index (χ4n) is 2.11. The first-order valence-electron chi connectivity index (χ1n) is 6.75. The SMILES string of the molecule is Cc1ccc(CNC(=O)c2cc(Cl)nc(Cl)c2)c(N(C)C)c1. The van der Waals surface area contributed by atoms with E-state index in [1.807, 2.05) is 38.1 Å². The lowest BCUT2D eigenvalue weighted by Gasteiger charge is -2.18. The van der Waals surface area contributed by atoms with Crippen LogP contribution < -0.4 is 10.2 Å². The molecule has 0 saturated heterocycles. The van der Waals surface area contributed by atoms with Gasteiger partial charge < -0.3 is 10.2 Å². The number of aromatic nitrogens is 1. The summed E-state index contributed by atoms with van der Waals surface area (Å²) in [5.41, 5.74) is 3.68. The van der Waals surface area contributed by atoms with Crippen LogP contribution in [0.2, 0.25) is 10.3 Å². The summed E-state index contributed by atoms with van der Waals surface area (Å²) in [4.78, 5) is 18.0. The van der Waals surface area contributed by atoms with Gasteiger partial charge >= 0.3 is 0 Å². The van der Waals surface area contributed by atoms with E-state index in [0.717, 1.165) is 11.3 Å². The minimum Gasteiger partial charge on any atom is -0.377 e. The first-order valence-corrected chi connectivity index (χ1v) is 7.50. The normalized spacial score (nSPS) is 10.4. The molecule has 116 valence electrons. The Bertz CT molecular complexity index is 682. The van der Waals surface area contributed by atoms with Crippen LogP contribution in [-0.2, 0) is 6.54 Å². The van der Waals surface area contributed by atoms with Gasteiger partial charge in [0.1, 0.15) is 10.3 Å². The third-order valence-electron chi connectivity index (χ3n) is 3.19. The standard InChI is InChI=1S/C16H17Cl2N3O/c1-10-4-5-11(13(6-10)21(2)3)9-19-16(22)12-7-14(17)20-15(18)8-12/h4-8H,9H2,1-3H3,(H,19,22). The molecular weight excluding hydrogens is 321 g/mol. The number of nitrogens with one attached hydrogen (secondary N) is 1. The molecule has 0 aliphatic rings. The number of aryl methyl sites for hydroxylation is 1. The Kier molecular flexibility index (Phi) is 5.27. The van der Waals surface area contributed by atoms with Gasteiger partial charge in [0, 0.05) is 31.9 Å². The van der Waals surface area contributed by atoms with Crippen LogP contribution in [-0.4, -0.2) is 25.0 Å². The van der Waals surface area contributed by atoms with Crippen LogP contribution in [0.4, 0.5) is 5.69 Å². The van der Waals surface area contributed by atoms with Gasteiger partial charge in [-0.3, -0.25) is 4.79 Å². The highest BCUT2D eigenvalue weighted by Gasteiger charge is 2.10. The number of hydrogen-bond acceptors (Lipinski definition) is 3. The summed E-state index contributed by atoms with van der Waals surface area (Å²) in [6.07, 6.45) is 0. The van der Waals surface area contributed by atoms with Crippen LogP contribution in [0.3, 0.4) is 0 Å². The Morgan fingerprint density at radius 2 is 1.82 bits per heavy atom. The van der Waals surface area contributed by atoms with E-state index in [-0.39, 0.29) is 16.2 Å². The van der Waals surface area contributed by atoms with Gasteiger partial charge in [0.05, 0.1) is 0 Å². The Morgan fingerprint density at radius 1 is 1.18 bits per heavy atom. The van der Waals surface area contributed by atoms with Crippen LogP contribution in [0.5, 0.6) is 0 Å². The van der Waals surface area contributed by atoms with E-state index in [9.17, 15) is 4.79 Å². The highest BCUT2D eigenvalue weighted by atomic mass is 35.5. The van der Waals surface area contributed by atoms with E-state index in [0.29, 0.717) is 12.1 Å². The molecule has 0 aliphatic carbocycles. The second kappa shape index (κ2) is 6.99. The minimum absolute atomic E-state index is 0.196. The monoisotopic (exact) mass is 337 g/mol. The van der Waals surface area contributed by atoms with Crippen molar-refractivity contribution in [3.63, 3.8) is 0 Å². The predicted molar refractivity (Wildman–Crippen MR) is 90.9 cm³/mol. The summed E-state index contributed by atoms with van der Waals surface area (Å²) in [6.45, 7) is 2.46. The van der Waals surface area contributed by atoms with Gasteiger partial charge in [-0.1, -0.05) is 35.3 Å². The number of nitrogens with zero attached hydrogens (tertiary/aromatic N) is 2. The number of anilines is 1. The second-order valence-corrected chi connectivity index (χ2v) is 5.99. The van der Waals surface area contributed by atoms with E-state index in [1.165, 1.54) is 17.7 Å². The van der Waals surface area contributed by atoms with Crippen molar-refractivity contribution in [2.75, 3.05) is 19.0 Å². The molecule has 0 radical (unpaired) electrons. The molecule has 0 bridgehead atoms. The zero-order valence-electron chi connectivity index (χ0n) is 12.7. The Balaban J connectivity index is 2.14. The van der Waals surface area contributed by atoms with Crippen LogP contribution in [0.25, 0.3) is 0 Å². The first kappa shape index (κ1) is 16.6. The molecule has 0 atom stereocenters. The van der Waals surface area contributed by atoms with Gasteiger partial charge in [-0.05, 0) is 36.2 Å². The Labute approximate surface area is 140 Å². The highest BCUT2D eigenvalue weighted by molar-refractivity contribution is 6.33. The molecule has 22 heavy (non-hydrogen) atoms. The largest absolute Gasteiger partial charge is 0.377 e. The molecule has 1 N–H and O–H groups in total. The van der Waals surface area contributed by atoms with Gasteiger partial charge in [0.15, 0.2) is 0 Å². The molecule has 0 spiro atoms. The van der Waals surface area contributed by atoms with E-state index >= 15 is 0 Å². The fourth-order valence-corrected chi connectivity index (χ4v) is 2.57. The van der Waals surface area contributed by atoms with Gasteiger partial charge in [-0.2, -0.15) is 0 Å². The zero-order valence-corrected chi connectivity index (χ0v) is 14.2. The topological polar surface area (TPSA) is 45.2 Å². The van der Waals surface area contributed by atoms with Crippen molar-refractivity contribution in [1.29, 1.82) is 0 Å². The lowest BCUT2D eigenvalue weighted by molar-refractivity contribution is 0.0951. The van der Waals surface area contributed by atoms with Gasteiger partial charge in [0.25, 0.3) is 5.91 Å². The maximum absolute atomic E-state index is 12.2. The van der Waals surface area contributed by atoms with Crippen molar-refractivity contribution >= 4 is 34.8 Å². The third kappa shape index (κ3) is 4.12. The van der Waals surface area contributed by atoms with Crippen LogP contribution >= 0.6 is 23.2 Å². The molecule has 1 heterocycles. The summed E-state index contributed by atoms with van der Waals surface area (Å²) in [5, 5.41) is 3.27. The van der Waals surface area contributed by atoms with Crippen LogP contribution in [0.1, 0.15) is 21.5 Å². The molecular formula is C16H17Cl2N3O. The smallest absolute Gasteiger partial charge is 0.251 e. The van der Waals surface area contributed by atoms with Crippen LogP contribution in [0, 0.1) is 6.92 Å². The molecule has 1 aromatic heterocycles. The number of benzene rings is 1. The second-order valence-electron chi connectivity index (χ2n) is 5.21. The highest BCUT2D eigenvalue weighted by Crippen LogP contribution is 2.20. The first-order chi connectivity index (χ1) is 10.4.